The largest absolute Gasteiger partial charge is 0.481 e. The monoisotopic (exact) mass is 594 g/mol. The van der Waals surface area contributed by atoms with Gasteiger partial charge in [0.05, 0.1) is 23.1 Å². The van der Waals surface area contributed by atoms with Crippen LogP contribution in [0.1, 0.15) is 76.0 Å². The molecule has 212 valence electrons. The number of hydrogen-bond donors (Lipinski definition) is 2. The Kier molecular flexibility index (Phi) is 9.01. The van der Waals surface area contributed by atoms with Crippen molar-refractivity contribution in [2.24, 2.45) is 11.3 Å². The van der Waals surface area contributed by atoms with E-state index in [1.165, 1.54) is 0 Å². The lowest BCUT2D eigenvalue weighted by atomic mass is 9.64. The summed E-state index contributed by atoms with van der Waals surface area (Å²) in [6.07, 6.45) is 2.09. The highest BCUT2D eigenvalue weighted by Crippen LogP contribution is 2.55. The summed E-state index contributed by atoms with van der Waals surface area (Å²) in [5.74, 6) is -1.45. The molecule has 7 nitrogen and oxygen atoms in total. The first-order chi connectivity index (χ1) is 18.4. The number of nitrogens with zero attached hydrogens (tertiary/aromatic N) is 1. The molecule has 10 heteroatoms. The minimum Gasteiger partial charge on any atom is -0.481 e. The van der Waals surface area contributed by atoms with Crippen molar-refractivity contribution in [2.75, 3.05) is 6.54 Å². The minimum atomic E-state index is -3.58. The van der Waals surface area contributed by atoms with Crippen molar-refractivity contribution in [3.63, 3.8) is 0 Å². The Morgan fingerprint density at radius 3 is 2.31 bits per heavy atom. The van der Waals surface area contributed by atoms with Crippen LogP contribution < -0.4 is 4.72 Å². The predicted octanol–water partition coefficient (Wildman–Crippen LogP) is 6.03. The standard InChI is InChI=1S/C29H36Cl2N2O5S/c1-4-29(16-26(34)35)15-24(21-6-5-7-23(31)14-21)27(20-10-12-22(30)13-11-20)33(28(29)36)25(19-8-9-19)17-32-39(37,38)18(2)3/h5-7,10-14,18-19,24-25,27,32H,4,8-9,15-17H2,1-3H3,(H,34,35)/t24-,25-,27-,29?/m1/s1. The number of carbonyl (C=O) groups is 2. The van der Waals surface area contributed by atoms with Crippen LogP contribution in [-0.4, -0.2) is 48.1 Å². The van der Waals surface area contributed by atoms with E-state index in [2.05, 4.69) is 4.72 Å². The molecule has 39 heavy (non-hydrogen) atoms. The first-order valence-electron chi connectivity index (χ1n) is 13.4. The maximum Gasteiger partial charge on any atom is 0.304 e. The van der Waals surface area contributed by atoms with Gasteiger partial charge in [-0.1, -0.05) is 54.4 Å². The van der Waals surface area contributed by atoms with E-state index in [1.807, 2.05) is 42.2 Å². The highest BCUT2D eigenvalue weighted by atomic mass is 35.5. The Bertz CT molecular complexity index is 1310. The van der Waals surface area contributed by atoms with Gasteiger partial charge in [-0.25, -0.2) is 13.1 Å². The maximum atomic E-state index is 14.6. The molecular formula is C29H36Cl2N2O5S. The van der Waals surface area contributed by atoms with Crippen molar-refractivity contribution in [1.29, 1.82) is 0 Å². The predicted molar refractivity (Wildman–Crippen MR) is 153 cm³/mol. The van der Waals surface area contributed by atoms with Crippen LogP contribution in [0.3, 0.4) is 0 Å². The summed E-state index contributed by atoms with van der Waals surface area (Å²) in [4.78, 5) is 28.5. The molecule has 1 heterocycles. The number of piperidine rings is 1. The zero-order valence-electron chi connectivity index (χ0n) is 22.4. The molecule has 0 aromatic heterocycles. The van der Waals surface area contributed by atoms with Gasteiger partial charge < -0.3 is 10.0 Å². The van der Waals surface area contributed by atoms with E-state index in [0.29, 0.717) is 22.9 Å². The number of carboxylic acids is 1. The molecule has 0 radical (unpaired) electrons. The van der Waals surface area contributed by atoms with Crippen molar-refractivity contribution < 1.29 is 23.1 Å². The highest BCUT2D eigenvalue weighted by Gasteiger charge is 2.55. The quantitative estimate of drug-likeness (QED) is 0.330. The van der Waals surface area contributed by atoms with Crippen LogP contribution in [0.5, 0.6) is 0 Å². The number of rotatable bonds is 11. The van der Waals surface area contributed by atoms with Crippen LogP contribution in [0.2, 0.25) is 10.0 Å². The van der Waals surface area contributed by atoms with Gasteiger partial charge in [0.2, 0.25) is 15.9 Å². The lowest BCUT2D eigenvalue weighted by Gasteiger charge is -2.53. The molecule has 0 spiro atoms. The maximum absolute atomic E-state index is 14.6. The molecule has 4 atom stereocenters. The van der Waals surface area contributed by atoms with Gasteiger partial charge in [-0.3, -0.25) is 9.59 Å². The first kappa shape index (κ1) is 29.8. The van der Waals surface area contributed by atoms with E-state index in [0.717, 1.165) is 24.0 Å². The van der Waals surface area contributed by atoms with E-state index in [9.17, 15) is 23.1 Å². The lowest BCUT2D eigenvalue weighted by Crippen LogP contribution is -2.59. The molecule has 4 rings (SSSR count). The lowest BCUT2D eigenvalue weighted by molar-refractivity contribution is -0.162. The van der Waals surface area contributed by atoms with Gasteiger partial charge in [-0.2, -0.15) is 0 Å². The second-order valence-corrected chi connectivity index (χ2v) is 14.3. The summed E-state index contributed by atoms with van der Waals surface area (Å²) in [5, 5.41) is 10.4. The molecule has 2 aromatic carbocycles. The molecule has 0 bridgehead atoms. The number of sulfonamides is 1. The Morgan fingerprint density at radius 2 is 1.77 bits per heavy atom. The van der Waals surface area contributed by atoms with E-state index >= 15 is 0 Å². The minimum absolute atomic E-state index is 0.0656. The summed E-state index contributed by atoms with van der Waals surface area (Å²) in [6, 6.07) is 13.9. The molecule has 1 saturated carbocycles. The van der Waals surface area contributed by atoms with Gasteiger partial charge in [-0.05, 0) is 80.8 Å². The molecule has 1 aliphatic carbocycles. The van der Waals surface area contributed by atoms with Crippen LogP contribution in [-0.2, 0) is 19.6 Å². The van der Waals surface area contributed by atoms with E-state index in [4.69, 9.17) is 23.2 Å². The fourth-order valence-corrected chi connectivity index (χ4v) is 6.92. The number of nitrogens with one attached hydrogen (secondary N) is 1. The molecule has 1 aliphatic heterocycles. The average Bonchev–Trinajstić information content (AvgIpc) is 3.71. The van der Waals surface area contributed by atoms with Gasteiger partial charge in [0.15, 0.2) is 0 Å². The molecule has 1 unspecified atom stereocenters. The van der Waals surface area contributed by atoms with Crippen molar-refractivity contribution in [2.45, 2.75) is 76.1 Å². The number of likely N-dealkylation sites (tertiary alicyclic amines) is 1. The second-order valence-electron chi connectivity index (χ2n) is 11.1. The third-order valence-electron chi connectivity index (χ3n) is 8.27. The number of aliphatic carboxylic acids is 1. The van der Waals surface area contributed by atoms with E-state index in [1.54, 1.807) is 32.0 Å². The Hall–Kier alpha value is -2.13. The van der Waals surface area contributed by atoms with Crippen LogP contribution in [0.15, 0.2) is 48.5 Å². The zero-order chi connectivity index (χ0) is 28.5. The van der Waals surface area contributed by atoms with Crippen LogP contribution >= 0.6 is 23.2 Å². The average molecular weight is 596 g/mol. The topological polar surface area (TPSA) is 104 Å². The van der Waals surface area contributed by atoms with Gasteiger partial charge in [0, 0.05) is 28.5 Å². The Morgan fingerprint density at radius 1 is 1.10 bits per heavy atom. The van der Waals surface area contributed by atoms with Crippen molar-refractivity contribution in [3.05, 3.63) is 69.7 Å². The summed E-state index contributed by atoms with van der Waals surface area (Å²) in [5.41, 5.74) is 0.613. The normalized spacial score (nSPS) is 24.7. The van der Waals surface area contributed by atoms with Crippen LogP contribution in [0, 0.1) is 11.3 Å². The Labute approximate surface area is 240 Å². The van der Waals surface area contributed by atoms with Crippen LogP contribution in [0.4, 0.5) is 0 Å². The summed E-state index contributed by atoms with van der Waals surface area (Å²) in [6.45, 7) is 5.14. The van der Waals surface area contributed by atoms with Gasteiger partial charge >= 0.3 is 5.97 Å². The SMILES string of the molecule is CCC1(CC(=O)O)C[C@H](c2cccc(Cl)c2)[C@@H](c2ccc(Cl)cc2)N([C@H](CNS(=O)(=O)C(C)C)C2CC2)C1=O. The molecule has 2 aliphatic rings. The van der Waals surface area contributed by atoms with Gasteiger partial charge in [-0.15, -0.1) is 0 Å². The zero-order valence-corrected chi connectivity index (χ0v) is 24.8. The van der Waals surface area contributed by atoms with Crippen LogP contribution in [0.25, 0.3) is 0 Å². The molecule has 2 fully saturated rings. The van der Waals surface area contributed by atoms with Crippen molar-refractivity contribution in [3.8, 4) is 0 Å². The number of amides is 1. The fourth-order valence-electron chi connectivity index (χ4n) is 5.86. The van der Waals surface area contributed by atoms with Gasteiger partial charge in [0.1, 0.15) is 0 Å². The first-order valence-corrected chi connectivity index (χ1v) is 15.7. The second kappa shape index (κ2) is 11.8. The molecule has 1 saturated heterocycles. The number of carboxylic acid groups (broad SMARTS) is 1. The van der Waals surface area contributed by atoms with Gasteiger partial charge in [0.25, 0.3) is 0 Å². The molecule has 1 amide bonds. The number of hydrogen-bond acceptors (Lipinski definition) is 4. The third kappa shape index (κ3) is 6.45. The summed E-state index contributed by atoms with van der Waals surface area (Å²) < 4.78 is 28.3. The van der Waals surface area contributed by atoms with Crippen molar-refractivity contribution >= 4 is 45.1 Å². The van der Waals surface area contributed by atoms with E-state index in [-0.39, 0.29) is 30.7 Å². The molecule has 2 N–H and O–H groups in total. The van der Waals surface area contributed by atoms with E-state index < -0.39 is 38.7 Å². The smallest absolute Gasteiger partial charge is 0.304 e. The molecule has 2 aromatic rings. The number of benzene rings is 2. The molecular weight excluding hydrogens is 559 g/mol. The number of carbonyl (C=O) groups excluding carboxylic acids is 1. The summed E-state index contributed by atoms with van der Waals surface area (Å²) >= 11 is 12.6. The fraction of sp³-hybridized carbons (Fsp3) is 0.517. The third-order valence-corrected chi connectivity index (χ3v) is 10.6. The van der Waals surface area contributed by atoms with Crippen molar-refractivity contribution in [1.82, 2.24) is 9.62 Å². The number of halogens is 2. The Balaban J connectivity index is 1.91. The summed E-state index contributed by atoms with van der Waals surface area (Å²) in [7, 11) is -3.58. The highest BCUT2D eigenvalue weighted by molar-refractivity contribution is 7.90.